The third-order valence-electron chi connectivity index (χ3n) is 3.64. The van der Waals surface area contributed by atoms with Crippen LogP contribution in [0.5, 0.6) is 0 Å². The van der Waals surface area contributed by atoms with Crippen LogP contribution >= 0.6 is 11.3 Å². The Bertz CT molecular complexity index is 474. The molecule has 0 bridgehead atoms. The Morgan fingerprint density at radius 1 is 1.36 bits per heavy atom. The molecule has 1 atom stereocenters. The molecular formula is C16H28N4OS. The molecule has 124 valence electrons. The highest BCUT2D eigenvalue weighted by molar-refractivity contribution is 7.11. The van der Waals surface area contributed by atoms with Gasteiger partial charge in [0.05, 0.1) is 19.3 Å². The summed E-state index contributed by atoms with van der Waals surface area (Å²) in [5, 5.41) is 6.69. The Labute approximate surface area is 137 Å². The van der Waals surface area contributed by atoms with Crippen molar-refractivity contribution in [3.63, 3.8) is 0 Å². The number of rotatable bonds is 6. The van der Waals surface area contributed by atoms with Crippen LogP contribution in [0.25, 0.3) is 0 Å². The number of hydrogen-bond acceptors (Lipinski definition) is 4. The summed E-state index contributed by atoms with van der Waals surface area (Å²) in [5.74, 6) is 0.866. The van der Waals surface area contributed by atoms with E-state index in [0.717, 1.165) is 51.7 Å². The van der Waals surface area contributed by atoms with Gasteiger partial charge in [-0.15, -0.1) is 11.3 Å². The molecule has 1 fully saturated rings. The molecule has 6 heteroatoms. The highest BCUT2D eigenvalue weighted by atomic mass is 32.1. The molecule has 0 saturated carbocycles. The Hall–Kier alpha value is -1.11. The van der Waals surface area contributed by atoms with Crippen molar-refractivity contribution in [2.75, 3.05) is 39.8 Å². The number of morpholine rings is 1. The van der Waals surface area contributed by atoms with Gasteiger partial charge in [-0.1, -0.05) is 6.92 Å². The van der Waals surface area contributed by atoms with Gasteiger partial charge >= 0.3 is 0 Å². The van der Waals surface area contributed by atoms with E-state index in [0.29, 0.717) is 0 Å². The van der Waals surface area contributed by atoms with Crippen LogP contribution in [0, 0.1) is 0 Å². The smallest absolute Gasteiger partial charge is 0.191 e. The summed E-state index contributed by atoms with van der Waals surface area (Å²) in [7, 11) is 2.14. The molecule has 1 aromatic heterocycles. The highest BCUT2D eigenvalue weighted by Crippen LogP contribution is 2.17. The molecular weight excluding hydrogens is 296 g/mol. The summed E-state index contributed by atoms with van der Waals surface area (Å²) >= 11 is 1.85. The fourth-order valence-corrected chi connectivity index (χ4v) is 3.28. The van der Waals surface area contributed by atoms with Crippen molar-refractivity contribution in [2.45, 2.75) is 32.9 Å². The van der Waals surface area contributed by atoms with Crippen LogP contribution in [-0.2, 0) is 17.7 Å². The molecule has 5 nitrogen and oxygen atoms in total. The second-order valence-electron chi connectivity index (χ2n) is 5.55. The van der Waals surface area contributed by atoms with Crippen LogP contribution in [0.4, 0.5) is 0 Å². The van der Waals surface area contributed by atoms with Gasteiger partial charge in [0, 0.05) is 35.9 Å². The normalized spacial score (nSPS) is 20.1. The van der Waals surface area contributed by atoms with Crippen LogP contribution < -0.4 is 10.6 Å². The van der Waals surface area contributed by atoms with Gasteiger partial charge in [0.15, 0.2) is 5.96 Å². The van der Waals surface area contributed by atoms with Crippen molar-refractivity contribution in [1.29, 1.82) is 0 Å². The number of hydrogen-bond donors (Lipinski definition) is 2. The lowest BCUT2D eigenvalue weighted by Gasteiger charge is -2.30. The number of thiophene rings is 1. The first-order valence-corrected chi connectivity index (χ1v) is 8.92. The topological polar surface area (TPSA) is 48.9 Å². The van der Waals surface area contributed by atoms with Crippen LogP contribution in [0.3, 0.4) is 0 Å². The van der Waals surface area contributed by atoms with E-state index < -0.39 is 0 Å². The summed E-state index contributed by atoms with van der Waals surface area (Å²) < 4.78 is 5.77. The van der Waals surface area contributed by atoms with Crippen LogP contribution in [-0.4, -0.2) is 56.8 Å². The Balaban J connectivity index is 1.83. The van der Waals surface area contributed by atoms with Crippen molar-refractivity contribution in [2.24, 2.45) is 4.99 Å². The van der Waals surface area contributed by atoms with Gasteiger partial charge in [0.2, 0.25) is 0 Å². The first-order chi connectivity index (χ1) is 10.7. The van der Waals surface area contributed by atoms with Crippen molar-refractivity contribution in [1.82, 2.24) is 15.5 Å². The first-order valence-electron chi connectivity index (χ1n) is 8.11. The average Bonchev–Trinajstić information content (AvgIpc) is 2.98. The SMILES string of the molecule is CCNC(=NCc1ccc(CC)s1)NCC1CN(C)CCO1. The lowest BCUT2D eigenvalue weighted by atomic mass is 10.3. The number of nitrogens with one attached hydrogen (secondary N) is 2. The second-order valence-corrected chi connectivity index (χ2v) is 6.81. The molecule has 1 aromatic rings. The molecule has 0 aromatic carbocycles. The maximum Gasteiger partial charge on any atom is 0.191 e. The van der Waals surface area contributed by atoms with Crippen LogP contribution in [0.1, 0.15) is 23.6 Å². The van der Waals surface area contributed by atoms with E-state index in [1.807, 2.05) is 11.3 Å². The number of nitrogens with zero attached hydrogens (tertiary/aromatic N) is 2. The fraction of sp³-hybridized carbons (Fsp3) is 0.688. The van der Waals surface area contributed by atoms with E-state index in [4.69, 9.17) is 4.74 Å². The molecule has 1 aliphatic rings. The predicted molar refractivity (Wildman–Crippen MR) is 93.8 cm³/mol. The summed E-state index contributed by atoms with van der Waals surface area (Å²) in [4.78, 5) is 9.70. The van der Waals surface area contributed by atoms with Gasteiger partial charge in [0.1, 0.15) is 0 Å². The Morgan fingerprint density at radius 3 is 2.86 bits per heavy atom. The third kappa shape index (κ3) is 5.59. The third-order valence-corrected chi connectivity index (χ3v) is 4.86. The van der Waals surface area contributed by atoms with E-state index in [9.17, 15) is 0 Å². The zero-order chi connectivity index (χ0) is 15.8. The van der Waals surface area contributed by atoms with Gasteiger partial charge in [-0.05, 0) is 32.5 Å². The van der Waals surface area contributed by atoms with Gasteiger partial charge in [-0.25, -0.2) is 4.99 Å². The summed E-state index contributed by atoms with van der Waals surface area (Å²) in [6.45, 7) is 9.45. The Kier molecular flexibility index (Phi) is 7.15. The summed E-state index contributed by atoms with van der Waals surface area (Å²) in [6, 6.07) is 4.37. The maximum atomic E-state index is 5.77. The number of guanidine groups is 1. The maximum absolute atomic E-state index is 5.77. The van der Waals surface area contributed by atoms with Crippen molar-refractivity contribution < 1.29 is 4.74 Å². The molecule has 0 radical (unpaired) electrons. The molecule has 1 aliphatic heterocycles. The molecule has 2 N–H and O–H groups in total. The lowest BCUT2D eigenvalue weighted by Crippen LogP contribution is -2.48. The average molecular weight is 324 g/mol. The van der Waals surface area contributed by atoms with E-state index in [1.54, 1.807) is 0 Å². The minimum Gasteiger partial charge on any atom is -0.374 e. The van der Waals surface area contributed by atoms with Gasteiger partial charge in [-0.2, -0.15) is 0 Å². The predicted octanol–water partition coefficient (Wildman–Crippen LogP) is 1.70. The molecule has 0 aliphatic carbocycles. The number of ether oxygens (including phenoxy) is 1. The Morgan fingerprint density at radius 2 is 2.18 bits per heavy atom. The monoisotopic (exact) mass is 324 g/mol. The molecule has 1 unspecified atom stereocenters. The molecule has 2 rings (SSSR count). The molecule has 1 saturated heterocycles. The number of likely N-dealkylation sites (N-methyl/N-ethyl adjacent to an activating group) is 1. The van der Waals surface area contributed by atoms with Crippen LogP contribution in [0.15, 0.2) is 17.1 Å². The zero-order valence-electron chi connectivity index (χ0n) is 13.9. The van der Waals surface area contributed by atoms with Gasteiger partial charge < -0.3 is 20.3 Å². The highest BCUT2D eigenvalue weighted by Gasteiger charge is 2.17. The van der Waals surface area contributed by atoms with E-state index >= 15 is 0 Å². The summed E-state index contributed by atoms with van der Waals surface area (Å²) in [5.41, 5.74) is 0. The van der Waals surface area contributed by atoms with Crippen molar-refractivity contribution in [3.8, 4) is 0 Å². The quantitative estimate of drug-likeness (QED) is 0.618. The lowest BCUT2D eigenvalue weighted by molar-refractivity contribution is -0.0161. The van der Waals surface area contributed by atoms with Crippen molar-refractivity contribution in [3.05, 3.63) is 21.9 Å². The standard InChI is InChI=1S/C16H28N4OS/c1-4-14-6-7-15(22-14)11-19-16(17-5-2)18-10-13-12-20(3)8-9-21-13/h6-7,13H,4-5,8-12H2,1-3H3,(H2,17,18,19). The van der Waals surface area contributed by atoms with Gasteiger partial charge in [-0.3, -0.25) is 0 Å². The second kappa shape index (κ2) is 9.12. The zero-order valence-corrected chi connectivity index (χ0v) is 14.7. The van der Waals surface area contributed by atoms with E-state index in [1.165, 1.54) is 9.75 Å². The minimum atomic E-state index is 0.232. The fourth-order valence-electron chi connectivity index (χ4n) is 2.40. The van der Waals surface area contributed by atoms with Crippen LogP contribution in [0.2, 0.25) is 0 Å². The van der Waals surface area contributed by atoms with E-state index in [2.05, 4.69) is 53.6 Å². The molecule has 0 amide bonds. The molecule has 2 heterocycles. The largest absolute Gasteiger partial charge is 0.374 e. The van der Waals surface area contributed by atoms with Gasteiger partial charge in [0.25, 0.3) is 0 Å². The molecule has 0 spiro atoms. The van der Waals surface area contributed by atoms with E-state index in [-0.39, 0.29) is 6.10 Å². The number of aliphatic imine (C=N–C) groups is 1. The van der Waals surface area contributed by atoms with Crippen molar-refractivity contribution >= 4 is 17.3 Å². The molecule has 22 heavy (non-hydrogen) atoms. The minimum absolute atomic E-state index is 0.232. The summed E-state index contributed by atoms with van der Waals surface area (Å²) in [6.07, 6.45) is 1.33. The first kappa shape index (κ1) is 17.2. The number of aryl methyl sites for hydroxylation is 1.